The van der Waals surface area contributed by atoms with E-state index in [2.05, 4.69) is 18.9 Å². The van der Waals surface area contributed by atoms with Crippen LogP contribution in [0.4, 0.5) is 0 Å². The molecule has 16 heavy (non-hydrogen) atoms. The quantitative estimate of drug-likeness (QED) is 0.849. The third-order valence-electron chi connectivity index (χ3n) is 3.10. The molecule has 90 valence electrons. The number of ether oxygens (including phenoxy) is 1. The number of aryl methyl sites for hydroxylation is 1. The molecule has 1 aromatic heterocycles. The molecule has 0 bridgehead atoms. The molecule has 3 atom stereocenters. The van der Waals surface area contributed by atoms with Crippen molar-refractivity contribution < 1.29 is 9.84 Å². The Morgan fingerprint density at radius 1 is 1.62 bits per heavy atom. The smallest absolute Gasteiger partial charge is 0.122 e. The normalized spacial score (nSPS) is 27.2. The van der Waals surface area contributed by atoms with Gasteiger partial charge in [-0.25, -0.2) is 0 Å². The van der Waals surface area contributed by atoms with Crippen LogP contribution in [0.5, 0.6) is 0 Å². The monoisotopic (exact) mass is 224 g/mol. The fourth-order valence-electron chi connectivity index (χ4n) is 2.25. The standard InChI is InChI=1S/C12H20N2O2/c1-3-8-14-10(6-7-13-14)12(15)11-5-4-9(2)16-11/h6-7,9,11-12,15H,3-5,8H2,1-2H3. The zero-order valence-electron chi connectivity index (χ0n) is 9.97. The van der Waals surface area contributed by atoms with Gasteiger partial charge in [-0.05, 0) is 32.3 Å². The second kappa shape index (κ2) is 4.97. The van der Waals surface area contributed by atoms with Gasteiger partial charge < -0.3 is 9.84 Å². The maximum absolute atomic E-state index is 10.2. The molecule has 0 aromatic carbocycles. The van der Waals surface area contributed by atoms with E-state index in [9.17, 15) is 5.11 Å². The minimum atomic E-state index is -0.543. The molecule has 2 heterocycles. The van der Waals surface area contributed by atoms with Crippen molar-refractivity contribution in [1.29, 1.82) is 0 Å². The molecule has 1 N–H and O–H groups in total. The summed E-state index contributed by atoms with van der Waals surface area (Å²) < 4.78 is 7.56. The molecule has 3 unspecified atom stereocenters. The SMILES string of the molecule is CCCn1nccc1C(O)C1CCC(C)O1. The van der Waals surface area contributed by atoms with E-state index in [0.717, 1.165) is 31.5 Å². The van der Waals surface area contributed by atoms with Gasteiger partial charge in [0.25, 0.3) is 0 Å². The number of rotatable bonds is 4. The lowest BCUT2D eigenvalue weighted by atomic mass is 10.1. The first-order valence-electron chi connectivity index (χ1n) is 6.07. The molecular weight excluding hydrogens is 204 g/mol. The van der Waals surface area contributed by atoms with Crippen LogP contribution in [-0.4, -0.2) is 27.1 Å². The molecule has 1 fully saturated rings. The number of hydrogen-bond acceptors (Lipinski definition) is 3. The number of aliphatic hydroxyl groups excluding tert-OH is 1. The first-order valence-corrected chi connectivity index (χ1v) is 6.07. The fourth-order valence-corrected chi connectivity index (χ4v) is 2.25. The molecular formula is C12H20N2O2. The summed E-state index contributed by atoms with van der Waals surface area (Å²) in [6.07, 6.45) is 4.38. The minimum Gasteiger partial charge on any atom is -0.384 e. The summed E-state index contributed by atoms with van der Waals surface area (Å²) in [5, 5.41) is 14.5. The van der Waals surface area contributed by atoms with Gasteiger partial charge in [-0.15, -0.1) is 0 Å². The zero-order valence-corrected chi connectivity index (χ0v) is 9.97. The van der Waals surface area contributed by atoms with Crippen LogP contribution < -0.4 is 0 Å². The van der Waals surface area contributed by atoms with Crippen LogP contribution in [0.3, 0.4) is 0 Å². The van der Waals surface area contributed by atoms with Crippen molar-refractivity contribution in [3.05, 3.63) is 18.0 Å². The molecule has 4 heteroatoms. The Hall–Kier alpha value is -0.870. The van der Waals surface area contributed by atoms with Gasteiger partial charge in [0.15, 0.2) is 0 Å². The third kappa shape index (κ3) is 2.28. The number of nitrogens with zero attached hydrogens (tertiary/aromatic N) is 2. The van der Waals surface area contributed by atoms with Crippen molar-refractivity contribution in [3.63, 3.8) is 0 Å². The molecule has 0 saturated carbocycles. The summed E-state index contributed by atoms with van der Waals surface area (Å²) >= 11 is 0. The first-order chi connectivity index (χ1) is 7.72. The van der Waals surface area contributed by atoms with E-state index >= 15 is 0 Å². The molecule has 1 aliphatic heterocycles. The van der Waals surface area contributed by atoms with Crippen LogP contribution in [0.1, 0.15) is 44.9 Å². The Bertz CT molecular complexity index is 338. The van der Waals surface area contributed by atoms with Gasteiger partial charge in [-0.3, -0.25) is 4.68 Å². The van der Waals surface area contributed by atoms with Crippen molar-refractivity contribution in [2.45, 2.75) is 58.0 Å². The number of aliphatic hydroxyl groups is 1. The zero-order chi connectivity index (χ0) is 11.5. The summed E-state index contributed by atoms with van der Waals surface area (Å²) in [6, 6.07) is 1.88. The van der Waals surface area contributed by atoms with Crippen molar-refractivity contribution in [2.75, 3.05) is 0 Å². The Morgan fingerprint density at radius 2 is 2.44 bits per heavy atom. The Morgan fingerprint density at radius 3 is 3.06 bits per heavy atom. The Kier molecular flexibility index (Phi) is 3.61. The van der Waals surface area contributed by atoms with E-state index in [4.69, 9.17) is 4.74 Å². The van der Waals surface area contributed by atoms with Crippen molar-refractivity contribution in [3.8, 4) is 0 Å². The molecule has 0 spiro atoms. The lowest BCUT2D eigenvalue weighted by Gasteiger charge is -2.19. The number of aromatic nitrogens is 2. The summed E-state index contributed by atoms with van der Waals surface area (Å²) in [4.78, 5) is 0. The van der Waals surface area contributed by atoms with Gasteiger partial charge in [-0.1, -0.05) is 6.92 Å². The fraction of sp³-hybridized carbons (Fsp3) is 0.750. The van der Waals surface area contributed by atoms with Gasteiger partial charge in [0, 0.05) is 12.7 Å². The average Bonchev–Trinajstić information content (AvgIpc) is 2.87. The minimum absolute atomic E-state index is 0.0673. The average molecular weight is 224 g/mol. The largest absolute Gasteiger partial charge is 0.384 e. The highest BCUT2D eigenvalue weighted by Gasteiger charge is 2.30. The first kappa shape index (κ1) is 11.6. The maximum Gasteiger partial charge on any atom is 0.122 e. The van der Waals surface area contributed by atoms with E-state index in [0.29, 0.717) is 0 Å². The van der Waals surface area contributed by atoms with E-state index in [1.165, 1.54) is 0 Å². The van der Waals surface area contributed by atoms with Gasteiger partial charge in [0.05, 0.1) is 17.9 Å². The van der Waals surface area contributed by atoms with E-state index in [1.807, 2.05) is 10.7 Å². The molecule has 2 rings (SSSR count). The summed E-state index contributed by atoms with van der Waals surface area (Å²) in [5.74, 6) is 0. The highest BCUT2D eigenvalue weighted by molar-refractivity contribution is 5.07. The van der Waals surface area contributed by atoms with E-state index in [1.54, 1.807) is 6.20 Å². The molecule has 1 aromatic rings. The molecule has 0 amide bonds. The van der Waals surface area contributed by atoms with E-state index in [-0.39, 0.29) is 12.2 Å². The molecule has 4 nitrogen and oxygen atoms in total. The third-order valence-corrected chi connectivity index (χ3v) is 3.10. The maximum atomic E-state index is 10.2. The Labute approximate surface area is 96.2 Å². The van der Waals surface area contributed by atoms with Gasteiger partial charge in [0.1, 0.15) is 6.10 Å². The lowest BCUT2D eigenvalue weighted by molar-refractivity contribution is -0.0332. The predicted molar refractivity (Wildman–Crippen MR) is 61.0 cm³/mol. The van der Waals surface area contributed by atoms with Crippen molar-refractivity contribution in [2.24, 2.45) is 0 Å². The summed E-state index contributed by atoms with van der Waals surface area (Å²) in [6.45, 7) is 5.00. The predicted octanol–water partition coefficient (Wildman–Crippen LogP) is 1.89. The van der Waals surface area contributed by atoms with Crippen LogP contribution in [0, 0.1) is 0 Å². The summed E-state index contributed by atoms with van der Waals surface area (Å²) in [5.41, 5.74) is 0.876. The highest BCUT2D eigenvalue weighted by Crippen LogP contribution is 2.29. The van der Waals surface area contributed by atoms with Crippen molar-refractivity contribution in [1.82, 2.24) is 9.78 Å². The second-order valence-electron chi connectivity index (χ2n) is 4.49. The number of hydrogen-bond donors (Lipinski definition) is 1. The molecule has 0 aliphatic carbocycles. The molecule has 0 radical (unpaired) electrons. The lowest BCUT2D eigenvalue weighted by Crippen LogP contribution is -2.21. The topological polar surface area (TPSA) is 47.3 Å². The van der Waals surface area contributed by atoms with Gasteiger partial charge >= 0.3 is 0 Å². The Balaban J connectivity index is 2.07. The van der Waals surface area contributed by atoms with Crippen LogP contribution in [0.2, 0.25) is 0 Å². The van der Waals surface area contributed by atoms with Gasteiger partial charge in [-0.2, -0.15) is 5.10 Å². The van der Waals surface area contributed by atoms with Crippen LogP contribution >= 0.6 is 0 Å². The van der Waals surface area contributed by atoms with E-state index < -0.39 is 6.10 Å². The van der Waals surface area contributed by atoms with Gasteiger partial charge in [0.2, 0.25) is 0 Å². The second-order valence-corrected chi connectivity index (χ2v) is 4.49. The van der Waals surface area contributed by atoms with Crippen LogP contribution in [0.15, 0.2) is 12.3 Å². The highest BCUT2D eigenvalue weighted by atomic mass is 16.5. The van der Waals surface area contributed by atoms with Crippen molar-refractivity contribution >= 4 is 0 Å². The van der Waals surface area contributed by atoms with Crippen LogP contribution in [-0.2, 0) is 11.3 Å². The molecule has 1 saturated heterocycles. The molecule has 1 aliphatic rings. The van der Waals surface area contributed by atoms with Crippen LogP contribution in [0.25, 0.3) is 0 Å². The summed E-state index contributed by atoms with van der Waals surface area (Å²) in [7, 11) is 0.